The van der Waals surface area contributed by atoms with Crippen LogP contribution in [0, 0.1) is 5.82 Å². The molecule has 0 spiro atoms. The number of hydrogen-bond acceptors (Lipinski definition) is 1. The van der Waals surface area contributed by atoms with Crippen molar-refractivity contribution in [2.45, 2.75) is 0 Å². The second-order valence-electron chi connectivity index (χ2n) is 3.72. The van der Waals surface area contributed by atoms with Crippen LogP contribution in [0.25, 0.3) is 0 Å². The van der Waals surface area contributed by atoms with Gasteiger partial charge in [0.15, 0.2) is 0 Å². The summed E-state index contributed by atoms with van der Waals surface area (Å²) in [7, 11) is 0. The highest BCUT2D eigenvalue weighted by Gasteiger charge is 2.05. The third-order valence-electron chi connectivity index (χ3n) is 2.26. The van der Waals surface area contributed by atoms with E-state index in [0.717, 1.165) is 0 Å². The van der Waals surface area contributed by atoms with E-state index in [2.05, 4.69) is 10.6 Å². The van der Waals surface area contributed by atoms with Gasteiger partial charge in [0.05, 0.1) is 5.02 Å². The molecule has 0 unspecified atom stereocenters. The Morgan fingerprint density at radius 2 is 1.68 bits per heavy atom. The number of hydrogen-bond donors (Lipinski definition) is 2. The SMILES string of the molecule is O=C(Nc1cccc(Cl)c1)Nc1ccc(F)c(Cl)c1. The number of benzene rings is 2. The Bertz CT molecular complexity index is 619. The quantitative estimate of drug-likeness (QED) is 0.823. The Kier molecular flexibility index (Phi) is 4.24. The van der Waals surface area contributed by atoms with Gasteiger partial charge in [-0.3, -0.25) is 0 Å². The standard InChI is InChI=1S/C13H9Cl2FN2O/c14-8-2-1-3-9(6-8)17-13(19)18-10-4-5-12(16)11(15)7-10/h1-7H,(H2,17,18,19). The molecule has 0 aromatic heterocycles. The summed E-state index contributed by atoms with van der Waals surface area (Å²) >= 11 is 11.4. The van der Waals surface area contributed by atoms with E-state index in [-0.39, 0.29) is 5.02 Å². The van der Waals surface area contributed by atoms with Crippen LogP contribution >= 0.6 is 23.2 Å². The number of urea groups is 1. The zero-order valence-corrected chi connectivity index (χ0v) is 11.1. The fourth-order valence-corrected chi connectivity index (χ4v) is 1.80. The molecule has 0 aliphatic carbocycles. The third-order valence-corrected chi connectivity index (χ3v) is 2.78. The fraction of sp³-hybridized carbons (Fsp3) is 0. The lowest BCUT2D eigenvalue weighted by atomic mass is 10.3. The number of rotatable bonds is 2. The van der Waals surface area contributed by atoms with Gasteiger partial charge in [-0.1, -0.05) is 29.3 Å². The lowest BCUT2D eigenvalue weighted by molar-refractivity contribution is 0.262. The molecule has 0 aliphatic heterocycles. The predicted octanol–water partition coefficient (Wildman–Crippen LogP) is 4.78. The van der Waals surface area contributed by atoms with Crippen molar-refractivity contribution in [2.24, 2.45) is 0 Å². The minimum atomic E-state index is -0.539. The van der Waals surface area contributed by atoms with Gasteiger partial charge in [0.25, 0.3) is 0 Å². The number of halogens is 3. The van der Waals surface area contributed by atoms with Crippen LogP contribution in [0.5, 0.6) is 0 Å². The number of carbonyl (C=O) groups is 1. The van der Waals surface area contributed by atoms with Crippen LogP contribution in [0.4, 0.5) is 20.6 Å². The molecule has 2 rings (SSSR count). The number of anilines is 2. The zero-order chi connectivity index (χ0) is 13.8. The van der Waals surface area contributed by atoms with Gasteiger partial charge in [0.1, 0.15) is 5.82 Å². The average Bonchev–Trinajstić information content (AvgIpc) is 2.34. The summed E-state index contributed by atoms with van der Waals surface area (Å²) in [6.07, 6.45) is 0. The molecule has 98 valence electrons. The number of nitrogens with one attached hydrogen (secondary N) is 2. The van der Waals surface area contributed by atoms with E-state index in [1.807, 2.05) is 0 Å². The molecule has 0 heterocycles. The summed E-state index contributed by atoms with van der Waals surface area (Å²) in [5.41, 5.74) is 0.948. The second-order valence-corrected chi connectivity index (χ2v) is 4.56. The van der Waals surface area contributed by atoms with E-state index in [1.165, 1.54) is 18.2 Å². The molecule has 19 heavy (non-hydrogen) atoms. The van der Waals surface area contributed by atoms with Crippen LogP contribution in [-0.4, -0.2) is 6.03 Å². The van der Waals surface area contributed by atoms with Crippen molar-refractivity contribution in [1.29, 1.82) is 0 Å². The molecule has 2 amide bonds. The van der Waals surface area contributed by atoms with Crippen molar-refractivity contribution < 1.29 is 9.18 Å². The molecule has 0 radical (unpaired) electrons. The summed E-state index contributed by atoms with van der Waals surface area (Å²) in [6.45, 7) is 0. The van der Waals surface area contributed by atoms with Gasteiger partial charge in [0.2, 0.25) is 0 Å². The van der Waals surface area contributed by atoms with Crippen LogP contribution in [0.1, 0.15) is 0 Å². The molecule has 0 atom stereocenters. The number of carbonyl (C=O) groups excluding carboxylic acids is 1. The second kappa shape index (κ2) is 5.91. The van der Waals surface area contributed by atoms with E-state index in [4.69, 9.17) is 23.2 Å². The maximum absolute atomic E-state index is 13.0. The normalized spacial score (nSPS) is 10.1. The lowest BCUT2D eigenvalue weighted by Crippen LogP contribution is -2.19. The molecule has 2 aromatic rings. The highest BCUT2D eigenvalue weighted by Crippen LogP contribution is 2.20. The maximum atomic E-state index is 13.0. The molecule has 0 saturated heterocycles. The molecule has 2 aromatic carbocycles. The first-order chi connectivity index (χ1) is 9.04. The Labute approximate surface area is 119 Å². The first-order valence-corrected chi connectivity index (χ1v) is 6.09. The monoisotopic (exact) mass is 298 g/mol. The van der Waals surface area contributed by atoms with Crippen LogP contribution in [-0.2, 0) is 0 Å². The molecular formula is C13H9Cl2FN2O. The van der Waals surface area contributed by atoms with Crippen molar-refractivity contribution in [1.82, 2.24) is 0 Å². The molecule has 0 fully saturated rings. The predicted molar refractivity (Wildman–Crippen MR) is 75.5 cm³/mol. The minimum absolute atomic E-state index is 0.0550. The van der Waals surface area contributed by atoms with Crippen molar-refractivity contribution in [3.05, 3.63) is 58.3 Å². The molecule has 2 N–H and O–H groups in total. The lowest BCUT2D eigenvalue weighted by Gasteiger charge is -2.08. The largest absolute Gasteiger partial charge is 0.323 e. The Hall–Kier alpha value is -1.78. The molecule has 6 heteroatoms. The Morgan fingerprint density at radius 1 is 1.00 bits per heavy atom. The van der Waals surface area contributed by atoms with E-state index in [9.17, 15) is 9.18 Å². The Balaban J connectivity index is 2.03. The van der Waals surface area contributed by atoms with E-state index < -0.39 is 11.8 Å². The van der Waals surface area contributed by atoms with Gasteiger partial charge in [-0.15, -0.1) is 0 Å². The summed E-state index contributed by atoms with van der Waals surface area (Å²) in [4.78, 5) is 11.7. The molecule has 0 saturated carbocycles. The van der Waals surface area contributed by atoms with Crippen molar-refractivity contribution in [3.63, 3.8) is 0 Å². The molecule has 0 aliphatic rings. The highest BCUT2D eigenvalue weighted by atomic mass is 35.5. The first-order valence-electron chi connectivity index (χ1n) is 5.33. The number of amides is 2. The molecule has 0 bridgehead atoms. The highest BCUT2D eigenvalue weighted by molar-refractivity contribution is 6.31. The third kappa shape index (κ3) is 3.84. The van der Waals surface area contributed by atoms with Gasteiger partial charge in [0, 0.05) is 16.4 Å². The van der Waals surface area contributed by atoms with E-state index in [0.29, 0.717) is 16.4 Å². The van der Waals surface area contributed by atoms with Gasteiger partial charge in [-0.2, -0.15) is 0 Å². The van der Waals surface area contributed by atoms with Crippen LogP contribution in [0.3, 0.4) is 0 Å². The van der Waals surface area contributed by atoms with Gasteiger partial charge in [-0.25, -0.2) is 9.18 Å². The molecular weight excluding hydrogens is 290 g/mol. The van der Waals surface area contributed by atoms with Crippen molar-refractivity contribution in [2.75, 3.05) is 10.6 Å². The van der Waals surface area contributed by atoms with E-state index in [1.54, 1.807) is 24.3 Å². The van der Waals surface area contributed by atoms with Gasteiger partial charge in [-0.05, 0) is 36.4 Å². The minimum Gasteiger partial charge on any atom is -0.308 e. The van der Waals surface area contributed by atoms with E-state index >= 15 is 0 Å². The maximum Gasteiger partial charge on any atom is 0.323 e. The zero-order valence-electron chi connectivity index (χ0n) is 9.58. The summed E-state index contributed by atoms with van der Waals surface area (Å²) in [6, 6.07) is 10.2. The van der Waals surface area contributed by atoms with Crippen molar-refractivity contribution in [3.8, 4) is 0 Å². The van der Waals surface area contributed by atoms with Crippen LogP contribution < -0.4 is 10.6 Å². The van der Waals surface area contributed by atoms with Gasteiger partial charge < -0.3 is 10.6 Å². The summed E-state index contributed by atoms with van der Waals surface area (Å²) in [5.74, 6) is -0.539. The summed E-state index contributed by atoms with van der Waals surface area (Å²) in [5, 5.41) is 5.59. The van der Waals surface area contributed by atoms with Crippen LogP contribution in [0.15, 0.2) is 42.5 Å². The average molecular weight is 299 g/mol. The smallest absolute Gasteiger partial charge is 0.308 e. The van der Waals surface area contributed by atoms with Crippen molar-refractivity contribution >= 4 is 40.6 Å². The topological polar surface area (TPSA) is 41.1 Å². The van der Waals surface area contributed by atoms with Crippen LogP contribution in [0.2, 0.25) is 10.0 Å². The van der Waals surface area contributed by atoms with Gasteiger partial charge >= 0.3 is 6.03 Å². The first kappa shape index (κ1) is 13.6. The molecule has 3 nitrogen and oxygen atoms in total. The fourth-order valence-electron chi connectivity index (χ4n) is 1.43. The Morgan fingerprint density at radius 3 is 2.32 bits per heavy atom. The summed E-state index contributed by atoms with van der Waals surface area (Å²) < 4.78 is 13.0.